The summed E-state index contributed by atoms with van der Waals surface area (Å²) in [5.41, 5.74) is 1.44. The van der Waals surface area contributed by atoms with Gasteiger partial charge in [-0.05, 0) is 31.9 Å². The standard InChI is InChI=1S/C14H22N2O3S/c1-19-11-12-5-2-3-6-14(12)16-20(17,18)10-4-9-15-13-7-8-13/h2-3,5-6,13,15-16H,4,7-11H2,1H3. The lowest BCUT2D eigenvalue weighted by molar-refractivity contribution is 0.185. The molecule has 6 heteroatoms. The summed E-state index contributed by atoms with van der Waals surface area (Å²) in [4.78, 5) is 0. The lowest BCUT2D eigenvalue weighted by Gasteiger charge is -2.12. The molecule has 1 fully saturated rings. The third-order valence-electron chi connectivity index (χ3n) is 3.18. The fraction of sp³-hybridized carbons (Fsp3) is 0.571. The van der Waals surface area contributed by atoms with Gasteiger partial charge in [0.25, 0.3) is 0 Å². The number of benzene rings is 1. The number of hydrogen-bond donors (Lipinski definition) is 2. The van der Waals surface area contributed by atoms with E-state index in [9.17, 15) is 8.42 Å². The second-order valence-electron chi connectivity index (χ2n) is 5.09. The Morgan fingerprint density at radius 2 is 2.05 bits per heavy atom. The molecule has 2 rings (SSSR count). The number of nitrogens with one attached hydrogen (secondary N) is 2. The second-order valence-corrected chi connectivity index (χ2v) is 6.93. The first-order valence-corrected chi connectivity index (χ1v) is 8.56. The fourth-order valence-electron chi connectivity index (χ4n) is 1.98. The molecule has 0 saturated heterocycles. The van der Waals surface area contributed by atoms with Crippen molar-refractivity contribution in [2.75, 3.05) is 24.1 Å². The van der Waals surface area contributed by atoms with Crippen LogP contribution in [-0.4, -0.2) is 33.9 Å². The molecule has 1 aliphatic carbocycles. The normalized spacial score (nSPS) is 15.2. The first kappa shape index (κ1) is 15.3. The monoisotopic (exact) mass is 298 g/mol. The average molecular weight is 298 g/mol. The first-order valence-electron chi connectivity index (χ1n) is 6.91. The van der Waals surface area contributed by atoms with Crippen LogP contribution >= 0.6 is 0 Å². The molecule has 0 aliphatic heterocycles. The van der Waals surface area contributed by atoms with Gasteiger partial charge in [0.1, 0.15) is 0 Å². The van der Waals surface area contributed by atoms with Gasteiger partial charge in [0, 0.05) is 18.7 Å². The van der Waals surface area contributed by atoms with E-state index in [1.807, 2.05) is 18.2 Å². The number of anilines is 1. The van der Waals surface area contributed by atoms with Crippen LogP contribution in [0.2, 0.25) is 0 Å². The molecule has 0 amide bonds. The van der Waals surface area contributed by atoms with E-state index in [0.29, 0.717) is 24.8 Å². The zero-order chi connectivity index (χ0) is 14.4. The van der Waals surface area contributed by atoms with E-state index in [4.69, 9.17) is 4.74 Å². The van der Waals surface area contributed by atoms with Crippen LogP contribution in [0, 0.1) is 0 Å². The molecule has 0 spiro atoms. The van der Waals surface area contributed by atoms with Crippen LogP contribution in [0.1, 0.15) is 24.8 Å². The summed E-state index contributed by atoms with van der Waals surface area (Å²) >= 11 is 0. The molecule has 1 aromatic carbocycles. The Hall–Kier alpha value is -1.11. The van der Waals surface area contributed by atoms with E-state index in [1.165, 1.54) is 12.8 Å². The van der Waals surface area contributed by atoms with Gasteiger partial charge < -0.3 is 10.1 Å². The van der Waals surface area contributed by atoms with Crippen molar-refractivity contribution in [2.45, 2.75) is 31.9 Å². The molecule has 0 bridgehead atoms. The minimum atomic E-state index is -3.30. The van der Waals surface area contributed by atoms with Crippen molar-refractivity contribution in [3.05, 3.63) is 29.8 Å². The summed E-state index contributed by atoms with van der Waals surface area (Å²) < 4.78 is 31.8. The Morgan fingerprint density at radius 3 is 2.75 bits per heavy atom. The third kappa shape index (κ3) is 5.11. The number of methoxy groups -OCH3 is 1. The summed E-state index contributed by atoms with van der Waals surface area (Å²) in [6, 6.07) is 7.91. The molecule has 2 N–H and O–H groups in total. The van der Waals surface area contributed by atoms with Gasteiger partial charge in [0.2, 0.25) is 10.0 Å². The SMILES string of the molecule is COCc1ccccc1NS(=O)(=O)CCCNC1CC1. The van der Waals surface area contributed by atoms with Crippen LogP contribution < -0.4 is 10.0 Å². The highest BCUT2D eigenvalue weighted by molar-refractivity contribution is 7.92. The van der Waals surface area contributed by atoms with Crippen molar-refractivity contribution in [1.29, 1.82) is 0 Å². The highest BCUT2D eigenvalue weighted by atomic mass is 32.2. The molecule has 1 aromatic rings. The number of sulfonamides is 1. The molecular weight excluding hydrogens is 276 g/mol. The van der Waals surface area contributed by atoms with Crippen LogP contribution in [0.4, 0.5) is 5.69 Å². The zero-order valence-electron chi connectivity index (χ0n) is 11.8. The van der Waals surface area contributed by atoms with Crippen molar-refractivity contribution in [3.8, 4) is 0 Å². The molecule has 0 atom stereocenters. The van der Waals surface area contributed by atoms with Crippen molar-refractivity contribution < 1.29 is 13.2 Å². The van der Waals surface area contributed by atoms with Gasteiger partial charge in [-0.2, -0.15) is 0 Å². The Morgan fingerprint density at radius 1 is 1.30 bits per heavy atom. The molecule has 0 heterocycles. The fourth-order valence-corrected chi connectivity index (χ4v) is 3.14. The Balaban J connectivity index is 1.86. The maximum absolute atomic E-state index is 12.0. The third-order valence-corrected chi connectivity index (χ3v) is 4.54. The molecule has 5 nitrogen and oxygen atoms in total. The van der Waals surface area contributed by atoms with Crippen LogP contribution in [-0.2, 0) is 21.4 Å². The molecule has 20 heavy (non-hydrogen) atoms. The number of para-hydroxylation sites is 1. The maximum Gasteiger partial charge on any atom is 0.232 e. The van der Waals surface area contributed by atoms with Crippen molar-refractivity contribution >= 4 is 15.7 Å². The zero-order valence-corrected chi connectivity index (χ0v) is 12.6. The molecular formula is C14H22N2O3S. The van der Waals surface area contributed by atoms with Crippen molar-refractivity contribution in [1.82, 2.24) is 5.32 Å². The predicted octanol–water partition coefficient (Wildman–Crippen LogP) is 1.72. The van der Waals surface area contributed by atoms with Gasteiger partial charge in [-0.3, -0.25) is 4.72 Å². The number of hydrogen-bond acceptors (Lipinski definition) is 4. The average Bonchev–Trinajstić information content (AvgIpc) is 3.21. The highest BCUT2D eigenvalue weighted by Gasteiger charge is 2.20. The smallest absolute Gasteiger partial charge is 0.232 e. The van der Waals surface area contributed by atoms with Gasteiger partial charge in [-0.25, -0.2) is 8.42 Å². The van der Waals surface area contributed by atoms with E-state index in [-0.39, 0.29) is 5.75 Å². The summed E-state index contributed by atoms with van der Waals surface area (Å²) in [6.45, 7) is 1.15. The molecule has 0 radical (unpaired) electrons. The molecule has 0 unspecified atom stereocenters. The molecule has 112 valence electrons. The van der Waals surface area contributed by atoms with Crippen LogP contribution in [0.15, 0.2) is 24.3 Å². The summed E-state index contributed by atoms with van der Waals surface area (Å²) in [6.07, 6.45) is 3.06. The Kier molecular flexibility index (Phi) is 5.39. The van der Waals surface area contributed by atoms with Gasteiger partial charge in [0.05, 0.1) is 18.0 Å². The second kappa shape index (κ2) is 7.06. The van der Waals surface area contributed by atoms with Crippen LogP contribution in [0.3, 0.4) is 0 Å². The van der Waals surface area contributed by atoms with Gasteiger partial charge >= 0.3 is 0 Å². The van der Waals surface area contributed by atoms with E-state index in [0.717, 1.165) is 12.1 Å². The molecule has 0 aromatic heterocycles. The lowest BCUT2D eigenvalue weighted by Crippen LogP contribution is -2.23. The minimum Gasteiger partial charge on any atom is -0.380 e. The Bertz CT molecular complexity index is 527. The minimum absolute atomic E-state index is 0.133. The first-order chi connectivity index (χ1) is 9.61. The van der Waals surface area contributed by atoms with Crippen molar-refractivity contribution in [3.63, 3.8) is 0 Å². The van der Waals surface area contributed by atoms with Gasteiger partial charge in [0.15, 0.2) is 0 Å². The van der Waals surface area contributed by atoms with E-state index in [1.54, 1.807) is 13.2 Å². The number of rotatable bonds is 9. The van der Waals surface area contributed by atoms with E-state index < -0.39 is 10.0 Å². The lowest BCUT2D eigenvalue weighted by atomic mass is 10.2. The largest absolute Gasteiger partial charge is 0.380 e. The van der Waals surface area contributed by atoms with Gasteiger partial charge in [-0.1, -0.05) is 18.2 Å². The molecule has 1 saturated carbocycles. The molecule has 1 aliphatic rings. The quantitative estimate of drug-likeness (QED) is 0.681. The summed E-state index contributed by atoms with van der Waals surface area (Å²) in [5.74, 6) is 0.133. The van der Waals surface area contributed by atoms with E-state index >= 15 is 0 Å². The van der Waals surface area contributed by atoms with Crippen LogP contribution in [0.25, 0.3) is 0 Å². The maximum atomic E-state index is 12.0. The Labute approximate surface area is 120 Å². The van der Waals surface area contributed by atoms with E-state index in [2.05, 4.69) is 10.0 Å². The number of ether oxygens (including phenoxy) is 1. The van der Waals surface area contributed by atoms with Crippen molar-refractivity contribution in [2.24, 2.45) is 0 Å². The summed E-state index contributed by atoms with van der Waals surface area (Å²) in [7, 11) is -1.71. The van der Waals surface area contributed by atoms with Crippen LogP contribution in [0.5, 0.6) is 0 Å². The highest BCUT2D eigenvalue weighted by Crippen LogP contribution is 2.19. The summed E-state index contributed by atoms with van der Waals surface area (Å²) in [5, 5.41) is 3.31. The topological polar surface area (TPSA) is 67.4 Å². The van der Waals surface area contributed by atoms with Gasteiger partial charge in [-0.15, -0.1) is 0 Å². The predicted molar refractivity (Wildman–Crippen MR) is 80.2 cm³/mol.